The molecule has 0 aliphatic carbocycles. The molecule has 0 radical (unpaired) electrons. The number of aryl methyl sites for hydroxylation is 1. The van der Waals surface area contributed by atoms with Gasteiger partial charge in [0, 0.05) is 22.8 Å². The van der Waals surface area contributed by atoms with Crippen LogP contribution in [0.15, 0.2) is 39.8 Å². The van der Waals surface area contributed by atoms with Crippen LogP contribution in [0.3, 0.4) is 0 Å². The predicted molar refractivity (Wildman–Crippen MR) is 80.3 cm³/mol. The van der Waals surface area contributed by atoms with Crippen LogP contribution in [0.4, 0.5) is 11.4 Å². The molecule has 0 amide bonds. The minimum absolute atomic E-state index is 0.0248. The monoisotopic (exact) mass is 349 g/mol. The molecule has 6 nitrogen and oxygen atoms in total. The fourth-order valence-electron chi connectivity index (χ4n) is 1.75. The molecule has 0 aliphatic rings. The van der Waals surface area contributed by atoms with Gasteiger partial charge in [0.1, 0.15) is 11.4 Å². The number of para-hydroxylation sites is 1. The van der Waals surface area contributed by atoms with Crippen molar-refractivity contribution in [2.75, 3.05) is 0 Å². The average Bonchev–Trinajstić information content (AvgIpc) is 2.42. The van der Waals surface area contributed by atoms with Crippen molar-refractivity contribution < 1.29 is 15.1 Å². The first-order valence-electron chi connectivity index (χ1n) is 5.87. The molecule has 0 unspecified atom stereocenters. The topological polar surface area (TPSA) is 98.8 Å². The minimum Gasteiger partial charge on any atom is -0.871 e. The van der Waals surface area contributed by atoms with E-state index in [2.05, 4.69) is 20.9 Å². The third kappa shape index (κ3) is 3.19. The van der Waals surface area contributed by atoms with E-state index in [0.717, 1.165) is 17.7 Å². The van der Waals surface area contributed by atoms with Gasteiger partial charge in [-0.3, -0.25) is 15.1 Å². The van der Waals surface area contributed by atoms with Gasteiger partial charge in [-0.2, -0.15) is 0 Å². The summed E-state index contributed by atoms with van der Waals surface area (Å²) in [6, 6.07) is 7.19. The highest BCUT2D eigenvalue weighted by Gasteiger charge is 2.10. The van der Waals surface area contributed by atoms with Gasteiger partial charge in [0.05, 0.1) is 4.92 Å². The van der Waals surface area contributed by atoms with Gasteiger partial charge in [-0.25, -0.2) is 0 Å². The van der Waals surface area contributed by atoms with Crippen LogP contribution in [0.5, 0.6) is 11.5 Å². The summed E-state index contributed by atoms with van der Waals surface area (Å²) in [7, 11) is 0. The lowest BCUT2D eigenvalue weighted by atomic mass is 10.1. The van der Waals surface area contributed by atoms with E-state index in [1.54, 1.807) is 19.1 Å². The highest BCUT2D eigenvalue weighted by Crippen LogP contribution is 2.32. The molecule has 2 aromatic carbocycles. The highest BCUT2D eigenvalue weighted by molar-refractivity contribution is 9.10. The van der Waals surface area contributed by atoms with Gasteiger partial charge in [0.25, 0.3) is 5.69 Å². The predicted octanol–water partition coefficient (Wildman–Crippen LogP) is 3.20. The smallest absolute Gasteiger partial charge is 0.271 e. The Balaban J connectivity index is 2.48. The van der Waals surface area contributed by atoms with E-state index >= 15 is 0 Å². The van der Waals surface area contributed by atoms with E-state index in [0.29, 0.717) is 5.69 Å². The summed E-state index contributed by atoms with van der Waals surface area (Å²) < 4.78 is 0.0900. The van der Waals surface area contributed by atoms with Gasteiger partial charge in [-0.15, -0.1) is 0 Å². The maximum atomic E-state index is 11.9. The lowest BCUT2D eigenvalue weighted by molar-refractivity contribution is -0.385. The van der Waals surface area contributed by atoms with E-state index in [1.165, 1.54) is 12.3 Å². The molecular formula is C14H10BrN2O4-. The van der Waals surface area contributed by atoms with Gasteiger partial charge >= 0.3 is 0 Å². The van der Waals surface area contributed by atoms with Crippen molar-refractivity contribution >= 4 is 33.5 Å². The molecule has 0 saturated carbocycles. The number of rotatable bonds is 3. The van der Waals surface area contributed by atoms with Crippen molar-refractivity contribution in [3.63, 3.8) is 0 Å². The summed E-state index contributed by atoms with van der Waals surface area (Å²) in [5.74, 6) is -0.430. The summed E-state index contributed by atoms with van der Waals surface area (Å²) in [6.07, 6.45) is 1.21. The summed E-state index contributed by atoms with van der Waals surface area (Å²) in [4.78, 5) is 14.3. The molecule has 0 saturated heterocycles. The van der Waals surface area contributed by atoms with E-state index in [1.807, 2.05) is 0 Å². The Morgan fingerprint density at radius 3 is 2.71 bits per heavy atom. The molecule has 7 heteroatoms. The first-order chi connectivity index (χ1) is 9.90. The maximum absolute atomic E-state index is 11.9. The zero-order valence-electron chi connectivity index (χ0n) is 10.9. The third-order valence-electron chi connectivity index (χ3n) is 2.82. The Morgan fingerprint density at radius 1 is 1.38 bits per heavy atom. The number of halogens is 1. The van der Waals surface area contributed by atoms with Gasteiger partial charge in [-0.1, -0.05) is 33.8 Å². The van der Waals surface area contributed by atoms with Crippen molar-refractivity contribution in [2.24, 2.45) is 4.99 Å². The first-order valence-corrected chi connectivity index (χ1v) is 6.67. The zero-order valence-corrected chi connectivity index (χ0v) is 12.5. The number of hydrogen-bond acceptors (Lipinski definition) is 5. The molecule has 0 heterocycles. The quantitative estimate of drug-likeness (QED) is 0.522. The Morgan fingerprint density at radius 2 is 2.10 bits per heavy atom. The number of phenolic OH excluding ortho intramolecular Hbond substituents is 1. The second-order valence-electron chi connectivity index (χ2n) is 4.30. The van der Waals surface area contributed by atoms with Crippen LogP contribution in [0.1, 0.15) is 11.1 Å². The number of benzene rings is 2. The van der Waals surface area contributed by atoms with E-state index < -0.39 is 10.7 Å². The van der Waals surface area contributed by atoms with Gasteiger partial charge < -0.3 is 10.2 Å². The number of nitro benzene ring substituents is 1. The van der Waals surface area contributed by atoms with E-state index in [-0.39, 0.29) is 21.5 Å². The van der Waals surface area contributed by atoms with Gasteiger partial charge in [-0.05, 0) is 24.1 Å². The van der Waals surface area contributed by atoms with Crippen LogP contribution >= 0.6 is 15.9 Å². The zero-order chi connectivity index (χ0) is 15.6. The SMILES string of the molecule is Cc1cccc(O)c1N=Cc1cc([N+](=O)[O-])cc(Br)c1[O-]. The highest BCUT2D eigenvalue weighted by atomic mass is 79.9. The van der Waals surface area contributed by atoms with Gasteiger partial charge in [0.15, 0.2) is 0 Å². The Kier molecular flexibility index (Phi) is 4.23. The lowest BCUT2D eigenvalue weighted by Crippen LogP contribution is -1.99. The summed E-state index contributed by atoms with van der Waals surface area (Å²) in [5, 5.41) is 32.4. The van der Waals surface area contributed by atoms with Crippen LogP contribution in [-0.4, -0.2) is 16.2 Å². The maximum Gasteiger partial charge on any atom is 0.271 e. The molecule has 2 rings (SSSR count). The van der Waals surface area contributed by atoms with Crippen LogP contribution < -0.4 is 5.11 Å². The van der Waals surface area contributed by atoms with Gasteiger partial charge in [0.2, 0.25) is 0 Å². The molecular weight excluding hydrogens is 340 g/mol. The Bertz CT molecular complexity index is 724. The van der Waals surface area contributed by atoms with Crippen molar-refractivity contribution in [1.82, 2.24) is 0 Å². The van der Waals surface area contributed by atoms with E-state index in [4.69, 9.17) is 0 Å². The molecule has 0 spiro atoms. The standard InChI is InChI=1S/C14H11BrN2O4/c1-8-3-2-4-12(18)13(8)16-7-9-5-10(17(20)21)6-11(15)14(9)19/h2-7,18-19H,1H3/p-1. The molecule has 21 heavy (non-hydrogen) atoms. The molecule has 0 fully saturated rings. The van der Waals surface area contributed by atoms with E-state index in [9.17, 15) is 20.3 Å². The Hall–Kier alpha value is -2.41. The largest absolute Gasteiger partial charge is 0.871 e. The third-order valence-corrected chi connectivity index (χ3v) is 3.41. The normalized spacial score (nSPS) is 11.0. The first kappa shape index (κ1) is 15.0. The van der Waals surface area contributed by atoms with Crippen molar-refractivity contribution in [1.29, 1.82) is 0 Å². The number of non-ortho nitro benzene ring substituents is 1. The van der Waals surface area contributed by atoms with Crippen LogP contribution in [0, 0.1) is 17.0 Å². The summed E-state index contributed by atoms with van der Waals surface area (Å²) in [6.45, 7) is 1.76. The van der Waals surface area contributed by atoms with Crippen molar-refractivity contribution in [2.45, 2.75) is 6.92 Å². The second-order valence-corrected chi connectivity index (χ2v) is 5.16. The van der Waals surface area contributed by atoms with Crippen LogP contribution in [0.2, 0.25) is 0 Å². The summed E-state index contributed by atoms with van der Waals surface area (Å²) in [5.41, 5.74) is 0.901. The fourth-order valence-corrected chi connectivity index (χ4v) is 2.21. The second kappa shape index (κ2) is 5.92. The van der Waals surface area contributed by atoms with Crippen LogP contribution in [-0.2, 0) is 0 Å². The fraction of sp³-hybridized carbons (Fsp3) is 0.0714. The number of aliphatic imine (C=N–C) groups is 1. The number of nitro groups is 1. The number of nitrogens with zero attached hydrogens (tertiary/aromatic N) is 2. The van der Waals surface area contributed by atoms with Crippen LogP contribution in [0.25, 0.3) is 0 Å². The molecule has 0 aliphatic heterocycles. The average molecular weight is 350 g/mol. The number of phenols is 1. The molecule has 1 N–H and O–H groups in total. The van der Waals surface area contributed by atoms with Crippen molar-refractivity contribution in [3.8, 4) is 11.5 Å². The minimum atomic E-state index is -0.590. The molecule has 0 bridgehead atoms. The number of aromatic hydroxyl groups is 1. The molecule has 0 atom stereocenters. The lowest BCUT2D eigenvalue weighted by Gasteiger charge is -2.12. The molecule has 0 aromatic heterocycles. The Labute approximate surface area is 128 Å². The molecule has 2 aromatic rings. The summed E-state index contributed by atoms with van der Waals surface area (Å²) >= 11 is 2.99. The number of hydrogen-bond donors (Lipinski definition) is 1. The van der Waals surface area contributed by atoms with Crippen molar-refractivity contribution in [3.05, 3.63) is 56.0 Å². The molecule has 108 valence electrons.